The average Bonchev–Trinajstić information content (AvgIpc) is 2.28. The summed E-state index contributed by atoms with van der Waals surface area (Å²) in [5.41, 5.74) is 0. The minimum absolute atomic E-state index is 0.0454. The Morgan fingerprint density at radius 2 is 1.81 bits per heavy atom. The lowest BCUT2D eigenvalue weighted by molar-refractivity contribution is -0.145. The molecule has 0 atom stereocenters. The fourth-order valence-electron chi connectivity index (χ4n) is 1.41. The maximum absolute atomic E-state index is 11.7. The second kappa shape index (κ2) is 9.19. The highest BCUT2D eigenvalue weighted by atomic mass is 16.5. The zero-order chi connectivity index (χ0) is 12.4. The Balaban J connectivity index is 3.87. The average molecular weight is 229 g/mol. The fraction of sp³-hybridized carbons (Fsp3) is 0.833. The first-order valence-corrected chi connectivity index (χ1v) is 6.09. The lowest BCUT2D eigenvalue weighted by Crippen LogP contribution is -2.32. The van der Waals surface area contributed by atoms with Gasteiger partial charge in [-0.1, -0.05) is 13.3 Å². The molecule has 0 N–H and O–H groups in total. The van der Waals surface area contributed by atoms with Crippen LogP contribution in [0.2, 0.25) is 0 Å². The molecule has 0 fully saturated rings. The number of carbonyl (C=O) groups is 2. The van der Waals surface area contributed by atoms with Crippen LogP contribution in [0.25, 0.3) is 0 Å². The van der Waals surface area contributed by atoms with Crippen LogP contribution in [0.4, 0.5) is 0 Å². The van der Waals surface area contributed by atoms with Crippen LogP contribution in [0.5, 0.6) is 0 Å². The van der Waals surface area contributed by atoms with E-state index in [0.29, 0.717) is 13.2 Å². The van der Waals surface area contributed by atoms with Crippen molar-refractivity contribution in [1.29, 1.82) is 0 Å². The van der Waals surface area contributed by atoms with E-state index in [1.54, 1.807) is 11.8 Å². The topological polar surface area (TPSA) is 46.6 Å². The van der Waals surface area contributed by atoms with Crippen LogP contribution >= 0.6 is 0 Å². The molecule has 0 aliphatic carbocycles. The van der Waals surface area contributed by atoms with E-state index in [4.69, 9.17) is 4.74 Å². The summed E-state index contributed by atoms with van der Waals surface area (Å²) in [7, 11) is 0. The van der Waals surface area contributed by atoms with E-state index in [1.165, 1.54) is 0 Å². The molecule has 0 aromatic heterocycles. The van der Waals surface area contributed by atoms with Crippen molar-refractivity contribution in [1.82, 2.24) is 4.90 Å². The maximum atomic E-state index is 11.7. The molecule has 0 heterocycles. The molecule has 4 heteroatoms. The van der Waals surface area contributed by atoms with Crippen molar-refractivity contribution in [2.45, 2.75) is 46.5 Å². The summed E-state index contributed by atoms with van der Waals surface area (Å²) in [6, 6.07) is 0. The molecule has 0 aliphatic rings. The number of carbonyl (C=O) groups excluding carboxylic acids is 2. The van der Waals surface area contributed by atoms with Gasteiger partial charge in [0.1, 0.15) is 0 Å². The minimum Gasteiger partial charge on any atom is -0.466 e. The first-order chi connectivity index (χ1) is 7.65. The normalized spacial score (nSPS) is 9.94. The summed E-state index contributed by atoms with van der Waals surface area (Å²) in [5.74, 6) is -0.244. The highest BCUT2D eigenvalue weighted by molar-refractivity contribution is 5.81. The van der Waals surface area contributed by atoms with Crippen molar-refractivity contribution in [2.24, 2.45) is 0 Å². The van der Waals surface area contributed by atoms with Gasteiger partial charge in [-0.25, -0.2) is 0 Å². The van der Waals surface area contributed by atoms with Gasteiger partial charge < -0.3 is 9.64 Å². The minimum atomic E-state index is -0.289. The first kappa shape index (κ1) is 14.9. The molecule has 0 aromatic carbocycles. The Hall–Kier alpha value is -1.06. The van der Waals surface area contributed by atoms with Gasteiger partial charge in [0.2, 0.25) is 5.91 Å². The molecule has 0 aliphatic heterocycles. The Kier molecular flexibility index (Phi) is 8.58. The molecule has 0 spiro atoms. The van der Waals surface area contributed by atoms with Gasteiger partial charge in [0.15, 0.2) is 0 Å². The number of hydrogen-bond donors (Lipinski definition) is 0. The molecular weight excluding hydrogens is 206 g/mol. The van der Waals surface area contributed by atoms with Gasteiger partial charge in [-0.05, 0) is 20.3 Å². The van der Waals surface area contributed by atoms with E-state index < -0.39 is 0 Å². The Labute approximate surface area is 98.0 Å². The molecule has 0 bridgehead atoms. The first-order valence-electron chi connectivity index (χ1n) is 6.09. The standard InChI is InChI=1S/C12H23NO3/c1-4-7-10-13(5-2)11(14)8-9-12(15)16-6-3/h4-10H2,1-3H3. The van der Waals surface area contributed by atoms with Gasteiger partial charge in [0.25, 0.3) is 0 Å². The number of nitrogens with zero attached hydrogens (tertiary/aromatic N) is 1. The monoisotopic (exact) mass is 229 g/mol. The van der Waals surface area contributed by atoms with E-state index in [2.05, 4.69) is 6.92 Å². The summed E-state index contributed by atoms with van der Waals surface area (Å²) >= 11 is 0. The van der Waals surface area contributed by atoms with E-state index in [9.17, 15) is 9.59 Å². The molecule has 0 radical (unpaired) electrons. The van der Waals surface area contributed by atoms with Crippen LogP contribution in [0, 0.1) is 0 Å². The second-order valence-electron chi connectivity index (χ2n) is 3.63. The van der Waals surface area contributed by atoms with Crippen LogP contribution < -0.4 is 0 Å². The van der Waals surface area contributed by atoms with Gasteiger partial charge in [0.05, 0.1) is 13.0 Å². The molecule has 0 saturated heterocycles. The number of amides is 1. The quantitative estimate of drug-likeness (QED) is 0.598. The Morgan fingerprint density at radius 3 is 2.31 bits per heavy atom. The van der Waals surface area contributed by atoms with Gasteiger partial charge >= 0.3 is 5.97 Å². The summed E-state index contributed by atoms with van der Waals surface area (Å²) in [6.07, 6.45) is 2.53. The second-order valence-corrected chi connectivity index (χ2v) is 3.63. The van der Waals surface area contributed by atoms with E-state index in [0.717, 1.165) is 19.4 Å². The molecule has 0 aromatic rings. The smallest absolute Gasteiger partial charge is 0.306 e. The predicted octanol–water partition coefficient (Wildman–Crippen LogP) is 1.98. The Morgan fingerprint density at radius 1 is 1.12 bits per heavy atom. The van der Waals surface area contributed by atoms with Gasteiger partial charge in [-0.15, -0.1) is 0 Å². The SMILES string of the molecule is CCCCN(CC)C(=O)CCC(=O)OCC. The zero-order valence-corrected chi connectivity index (χ0v) is 10.6. The summed E-state index contributed by atoms with van der Waals surface area (Å²) < 4.78 is 4.78. The van der Waals surface area contributed by atoms with Crippen LogP contribution in [0.1, 0.15) is 46.5 Å². The summed E-state index contributed by atoms with van der Waals surface area (Å²) in [5, 5.41) is 0. The summed E-state index contributed by atoms with van der Waals surface area (Å²) in [4.78, 5) is 24.6. The maximum Gasteiger partial charge on any atom is 0.306 e. The van der Waals surface area contributed by atoms with Crippen molar-refractivity contribution < 1.29 is 14.3 Å². The molecule has 16 heavy (non-hydrogen) atoms. The van der Waals surface area contributed by atoms with Crippen molar-refractivity contribution in [3.8, 4) is 0 Å². The zero-order valence-electron chi connectivity index (χ0n) is 10.6. The third-order valence-electron chi connectivity index (χ3n) is 2.36. The molecule has 0 saturated carbocycles. The van der Waals surface area contributed by atoms with Gasteiger partial charge in [-0.2, -0.15) is 0 Å². The molecular formula is C12H23NO3. The summed E-state index contributed by atoms with van der Waals surface area (Å²) in [6.45, 7) is 7.69. The van der Waals surface area contributed by atoms with Crippen molar-refractivity contribution in [3.05, 3.63) is 0 Å². The third-order valence-corrected chi connectivity index (χ3v) is 2.36. The molecule has 4 nitrogen and oxygen atoms in total. The lowest BCUT2D eigenvalue weighted by Gasteiger charge is -2.20. The van der Waals surface area contributed by atoms with Crippen LogP contribution in [-0.4, -0.2) is 36.5 Å². The largest absolute Gasteiger partial charge is 0.466 e. The lowest BCUT2D eigenvalue weighted by atomic mass is 10.2. The van der Waals surface area contributed by atoms with Crippen LogP contribution in [-0.2, 0) is 14.3 Å². The number of esters is 1. The van der Waals surface area contributed by atoms with Crippen molar-refractivity contribution in [3.63, 3.8) is 0 Å². The number of unbranched alkanes of at least 4 members (excludes halogenated alkanes) is 1. The van der Waals surface area contributed by atoms with Crippen molar-refractivity contribution in [2.75, 3.05) is 19.7 Å². The van der Waals surface area contributed by atoms with Crippen LogP contribution in [0.3, 0.4) is 0 Å². The van der Waals surface area contributed by atoms with E-state index in [1.807, 2.05) is 6.92 Å². The molecule has 0 unspecified atom stereocenters. The molecule has 0 rings (SSSR count). The highest BCUT2D eigenvalue weighted by Gasteiger charge is 2.13. The Bertz CT molecular complexity index is 216. The van der Waals surface area contributed by atoms with Crippen molar-refractivity contribution >= 4 is 11.9 Å². The van der Waals surface area contributed by atoms with Gasteiger partial charge in [-0.3, -0.25) is 9.59 Å². The number of hydrogen-bond acceptors (Lipinski definition) is 3. The third kappa shape index (κ3) is 6.43. The van der Waals surface area contributed by atoms with E-state index in [-0.39, 0.29) is 24.7 Å². The number of ether oxygens (including phenoxy) is 1. The number of rotatable bonds is 8. The molecule has 1 amide bonds. The highest BCUT2D eigenvalue weighted by Crippen LogP contribution is 2.02. The van der Waals surface area contributed by atoms with E-state index >= 15 is 0 Å². The van der Waals surface area contributed by atoms with Crippen LogP contribution in [0.15, 0.2) is 0 Å². The predicted molar refractivity (Wildman–Crippen MR) is 63.0 cm³/mol. The molecule has 94 valence electrons. The fourth-order valence-corrected chi connectivity index (χ4v) is 1.41. The van der Waals surface area contributed by atoms with Gasteiger partial charge in [0, 0.05) is 19.5 Å².